The van der Waals surface area contributed by atoms with Gasteiger partial charge in [-0.3, -0.25) is 4.90 Å². The van der Waals surface area contributed by atoms with E-state index in [-0.39, 0.29) is 17.5 Å². The maximum atomic E-state index is 13.9. The van der Waals surface area contributed by atoms with Gasteiger partial charge in [-0.2, -0.15) is 26.3 Å². The summed E-state index contributed by atoms with van der Waals surface area (Å²) in [6.45, 7) is 6.38. The van der Waals surface area contributed by atoms with E-state index < -0.39 is 29.0 Å². The molecular formula is C28H32F6N3. The fourth-order valence-electron chi connectivity index (χ4n) is 6.08. The minimum atomic E-state index is -4.89. The zero-order chi connectivity index (χ0) is 26.4. The summed E-state index contributed by atoms with van der Waals surface area (Å²) in [5.41, 5.74) is -1.52. The summed E-state index contributed by atoms with van der Waals surface area (Å²) in [7, 11) is 0. The fraction of sp³-hybridized carbons (Fsp3) is 0.571. The van der Waals surface area contributed by atoms with Gasteiger partial charge in [0.2, 0.25) is 0 Å². The van der Waals surface area contributed by atoms with E-state index in [1.165, 1.54) is 12.8 Å². The van der Waals surface area contributed by atoms with E-state index in [9.17, 15) is 26.3 Å². The van der Waals surface area contributed by atoms with E-state index in [0.29, 0.717) is 38.5 Å². The van der Waals surface area contributed by atoms with Crippen LogP contribution in [0.15, 0.2) is 42.5 Å². The number of hydrogen-bond acceptors (Lipinski definition) is 2. The number of piperidine rings is 1. The maximum absolute atomic E-state index is 13.9. The van der Waals surface area contributed by atoms with Crippen molar-refractivity contribution in [1.82, 2.24) is 15.1 Å². The quantitative estimate of drug-likeness (QED) is 0.444. The Morgan fingerprint density at radius 3 is 2.00 bits per heavy atom. The third-order valence-electron chi connectivity index (χ3n) is 8.26. The van der Waals surface area contributed by atoms with Gasteiger partial charge >= 0.3 is 12.4 Å². The molecule has 3 nitrogen and oxygen atoms in total. The molecule has 9 heteroatoms. The molecule has 1 saturated carbocycles. The van der Waals surface area contributed by atoms with Gasteiger partial charge in [-0.15, -0.1) is 0 Å². The minimum absolute atomic E-state index is 0.0887. The Hall–Kier alpha value is -2.10. The summed E-state index contributed by atoms with van der Waals surface area (Å²) in [4.78, 5) is 4.54. The molecule has 2 aromatic rings. The highest BCUT2D eigenvalue weighted by Crippen LogP contribution is 2.49. The summed E-state index contributed by atoms with van der Waals surface area (Å²) in [5.74, 6) is 0.355. The molecule has 2 atom stereocenters. The molecule has 1 aliphatic carbocycles. The van der Waals surface area contributed by atoms with Crippen molar-refractivity contribution in [1.29, 1.82) is 0 Å². The Kier molecular flexibility index (Phi) is 7.09. The van der Waals surface area contributed by atoms with Crippen LogP contribution < -0.4 is 5.32 Å². The highest BCUT2D eigenvalue weighted by Gasteiger charge is 2.50. The molecule has 0 spiro atoms. The van der Waals surface area contributed by atoms with Gasteiger partial charge in [0, 0.05) is 51.7 Å². The Labute approximate surface area is 213 Å². The van der Waals surface area contributed by atoms with Crippen molar-refractivity contribution in [3.8, 4) is 0 Å². The predicted octanol–water partition coefficient (Wildman–Crippen LogP) is 6.05. The van der Waals surface area contributed by atoms with Crippen molar-refractivity contribution >= 4 is 0 Å². The Balaban J connectivity index is 1.63. The van der Waals surface area contributed by atoms with Crippen LogP contribution in [0.2, 0.25) is 0 Å². The lowest BCUT2D eigenvalue weighted by Gasteiger charge is -2.54. The number of nitrogens with zero attached hydrogens (tertiary/aromatic N) is 3. The summed E-state index contributed by atoms with van der Waals surface area (Å²) in [6.07, 6.45) is -6.96. The maximum Gasteiger partial charge on any atom is 0.416 e. The van der Waals surface area contributed by atoms with Crippen LogP contribution >= 0.6 is 0 Å². The van der Waals surface area contributed by atoms with Crippen molar-refractivity contribution in [2.45, 2.75) is 50.0 Å². The molecule has 0 aromatic heterocycles. The normalized spacial score (nSPS) is 26.4. The van der Waals surface area contributed by atoms with Crippen molar-refractivity contribution in [2.24, 2.45) is 5.92 Å². The third kappa shape index (κ3) is 5.54. The van der Waals surface area contributed by atoms with E-state index >= 15 is 0 Å². The molecule has 0 N–H and O–H groups in total. The van der Waals surface area contributed by atoms with E-state index in [1.807, 2.05) is 31.2 Å². The fourth-order valence-corrected chi connectivity index (χ4v) is 6.08. The van der Waals surface area contributed by atoms with Gasteiger partial charge in [-0.05, 0) is 61.4 Å². The number of piperazine rings is 1. The van der Waals surface area contributed by atoms with Crippen LogP contribution in [0.25, 0.3) is 0 Å². The van der Waals surface area contributed by atoms with Crippen molar-refractivity contribution in [3.05, 3.63) is 70.3 Å². The van der Waals surface area contributed by atoms with E-state index in [4.69, 9.17) is 0 Å². The molecule has 3 aliphatic rings. The molecule has 201 valence electrons. The number of hydrogen-bond donors (Lipinski definition) is 0. The van der Waals surface area contributed by atoms with Gasteiger partial charge in [0.05, 0.1) is 16.7 Å². The van der Waals surface area contributed by atoms with Crippen LogP contribution in [0.4, 0.5) is 26.3 Å². The molecule has 2 aliphatic heterocycles. The first-order chi connectivity index (χ1) is 17.5. The summed E-state index contributed by atoms with van der Waals surface area (Å²) in [6, 6.07) is 9.91. The standard InChI is InChI=1S/C28H32F6N3/c1-19-2-6-21(7-3-19)25-17-35-9-8-26(25,37-12-10-36(11-13-37)18-20-4-5-20)22-14-23(27(29,30)31)16-24(15-22)28(32,33)34/h2-3,6-7,14-16,20,25H,4-5,8-13,17-18H2,1H3. The topological polar surface area (TPSA) is 20.6 Å². The van der Waals surface area contributed by atoms with Crippen LogP contribution in [0.1, 0.15) is 53.0 Å². The minimum Gasteiger partial charge on any atom is -0.301 e. The number of aryl methyl sites for hydroxylation is 1. The van der Waals surface area contributed by atoms with E-state index in [0.717, 1.165) is 42.9 Å². The molecule has 1 radical (unpaired) electrons. The first-order valence-corrected chi connectivity index (χ1v) is 12.9. The predicted molar refractivity (Wildman–Crippen MR) is 129 cm³/mol. The molecule has 2 aromatic carbocycles. The van der Waals surface area contributed by atoms with E-state index in [1.54, 1.807) is 0 Å². The van der Waals surface area contributed by atoms with Crippen LogP contribution in [-0.4, -0.2) is 55.6 Å². The SMILES string of the molecule is Cc1ccc(C2C[N]CCC2(c2cc(C(F)(F)F)cc(C(F)(F)F)c2)N2CCN(CC3CC3)CC2)cc1. The van der Waals surface area contributed by atoms with Crippen LogP contribution in [0.3, 0.4) is 0 Å². The van der Waals surface area contributed by atoms with Crippen LogP contribution in [-0.2, 0) is 17.9 Å². The Morgan fingerprint density at radius 2 is 1.46 bits per heavy atom. The van der Waals surface area contributed by atoms with Gasteiger partial charge in [-0.25, -0.2) is 5.32 Å². The number of rotatable bonds is 5. The first-order valence-electron chi connectivity index (χ1n) is 12.9. The lowest BCUT2D eigenvalue weighted by Crippen LogP contribution is -2.61. The molecule has 37 heavy (non-hydrogen) atoms. The van der Waals surface area contributed by atoms with Gasteiger partial charge in [0.15, 0.2) is 0 Å². The van der Waals surface area contributed by atoms with Gasteiger partial charge in [-0.1, -0.05) is 29.8 Å². The summed E-state index contributed by atoms with van der Waals surface area (Å²) < 4.78 is 83.4. The van der Waals surface area contributed by atoms with Crippen LogP contribution in [0, 0.1) is 12.8 Å². The molecular weight excluding hydrogens is 492 g/mol. The Morgan fingerprint density at radius 1 is 0.865 bits per heavy atom. The van der Waals surface area contributed by atoms with Gasteiger partial charge in [0.1, 0.15) is 0 Å². The second-order valence-corrected chi connectivity index (χ2v) is 10.8. The zero-order valence-corrected chi connectivity index (χ0v) is 20.9. The molecule has 2 unspecified atom stereocenters. The van der Waals surface area contributed by atoms with Crippen molar-refractivity contribution in [3.63, 3.8) is 0 Å². The molecule has 2 saturated heterocycles. The zero-order valence-electron chi connectivity index (χ0n) is 20.9. The molecule has 2 heterocycles. The highest BCUT2D eigenvalue weighted by atomic mass is 19.4. The molecule has 0 amide bonds. The largest absolute Gasteiger partial charge is 0.416 e. The lowest BCUT2D eigenvalue weighted by molar-refractivity contribution is -0.143. The first kappa shape index (κ1) is 26.5. The smallest absolute Gasteiger partial charge is 0.301 e. The van der Waals surface area contributed by atoms with E-state index in [2.05, 4.69) is 15.1 Å². The molecule has 0 bridgehead atoms. The second-order valence-electron chi connectivity index (χ2n) is 10.8. The van der Waals surface area contributed by atoms with Gasteiger partial charge in [0.25, 0.3) is 0 Å². The average molecular weight is 525 g/mol. The monoisotopic (exact) mass is 524 g/mol. The number of alkyl halides is 6. The third-order valence-corrected chi connectivity index (χ3v) is 8.26. The van der Waals surface area contributed by atoms with Gasteiger partial charge < -0.3 is 4.90 Å². The van der Waals surface area contributed by atoms with Crippen molar-refractivity contribution in [2.75, 3.05) is 45.8 Å². The average Bonchev–Trinajstić information content (AvgIpc) is 3.68. The summed E-state index contributed by atoms with van der Waals surface area (Å²) in [5, 5.41) is 4.60. The number of benzene rings is 2. The molecule has 5 rings (SSSR count). The Bertz CT molecular complexity index is 1050. The van der Waals surface area contributed by atoms with Crippen LogP contribution in [0.5, 0.6) is 0 Å². The second kappa shape index (κ2) is 9.89. The van der Waals surface area contributed by atoms with Crippen molar-refractivity contribution < 1.29 is 26.3 Å². The lowest BCUT2D eigenvalue weighted by atomic mass is 9.68. The summed E-state index contributed by atoms with van der Waals surface area (Å²) >= 11 is 0. The highest BCUT2D eigenvalue weighted by molar-refractivity contribution is 5.42. The molecule has 3 fully saturated rings. The number of halogens is 6.